The SMILES string of the molecule is O=C(O)CC1CN(C2CCC3(Cc4ccccc4Cc4ccccc43)C2)C1.O=C[O-]. The molecule has 5 rings (SSSR count). The molecule has 0 bridgehead atoms. The number of carbonyl (C=O) groups is 2. The van der Waals surface area contributed by atoms with E-state index in [1.54, 1.807) is 5.56 Å². The highest BCUT2D eigenvalue weighted by molar-refractivity contribution is 5.67. The second-order valence-corrected chi connectivity index (χ2v) is 8.97. The maximum absolute atomic E-state index is 10.9. The van der Waals surface area contributed by atoms with Gasteiger partial charge in [0, 0.05) is 31.0 Å². The topological polar surface area (TPSA) is 80.7 Å². The van der Waals surface area contributed by atoms with Gasteiger partial charge in [-0.05, 0) is 60.3 Å². The van der Waals surface area contributed by atoms with Crippen LogP contribution in [0.5, 0.6) is 0 Å². The molecule has 0 radical (unpaired) electrons. The standard InChI is InChI=1S/C24H27NO2.CH2O2/c26-23(27)11-17-15-25(16-17)21-9-10-24(14-21)13-20-7-2-1-5-18(20)12-19-6-3-4-8-22(19)24;2-1-3/h1-8,17,21H,9-16H2,(H,26,27);1H,(H,2,3)/p-1. The lowest BCUT2D eigenvalue weighted by Gasteiger charge is -2.43. The molecule has 0 amide bonds. The van der Waals surface area contributed by atoms with Crippen LogP contribution in [0.15, 0.2) is 48.5 Å². The summed E-state index contributed by atoms with van der Waals surface area (Å²) in [7, 11) is 0. The Hall–Kier alpha value is -2.66. The number of likely N-dealkylation sites (tertiary alicyclic amines) is 1. The van der Waals surface area contributed by atoms with Gasteiger partial charge < -0.3 is 15.0 Å². The van der Waals surface area contributed by atoms with Gasteiger partial charge in [0.2, 0.25) is 0 Å². The number of carboxylic acids is 1. The number of carbonyl (C=O) groups excluding carboxylic acids is 1. The molecular formula is C25H28NO4-. The van der Waals surface area contributed by atoms with Crippen LogP contribution >= 0.6 is 0 Å². The number of hydrogen-bond donors (Lipinski definition) is 1. The van der Waals surface area contributed by atoms with E-state index >= 15 is 0 Å². The van der Waals surface area contributed by atoms with Crippen molar-refractivity contribution in [3.63, 3.8) is 0 Å². The van der Waals surface area contributed by atoms with E-state index in [2.05, 4.69) is 53.4 Å². The summed E-state index contributed by atoms with van der Waals surface area (Å²) in [4.78, 5) is 21.7. The minimum Gasteiger partial charge on any atom is -0.554 e. The van der Waals surface area contributed by atoms with Crippen molar-refractivity contribution < 1.29 is 19.8 Å². The predicted octanol–water partition coefficient (Wildman–Crippen LogP) is 2.40. The molecule has 1 saturated carbocycles. The van der Waals surface area contributed by atoms with Crippen molar-refractivity contribution >= 4 is 12.4 Å². The van der Waals surface area contributed by atoms with Crippen molar-refractivity contribution in [1.29, 1.82) is 0 Å². The summed E-state index contributed by atoms with van der Waals surface area (Å²) in [5.74, 6) is -0.307. The Bertz CT molecular complexity index is 921. The first-order valence-corrected chi connectivity index (χ1v) is 10.7. The summed E-state index contributed by atoms with van der Waals surface area (Å²) in [6.45, 7) is 1.43. The van der Waals surface area contributed by atoms with Crippen molar-refractivity contribution in [3.8, 4) is 0 Å². The molecule has 1 saturated heterocycles. The lowest BCUT2D eigenvalue weighted by molar-refractivity contribution is -0.283. The van der Waals surface area contributed by atoms with Gasteiger partial charge in [-0.15, -0.1) is 0 Å². The van der Waals surface area contributed by atoms with Crippen LogP contribution in [0.3, 0.4) is 0 Å². The van der Waals surface area contributed by atoms with Crippen LogP contribution < -0.4 is 5.11 Å². The maximum atomic E-state index is 10.9. The first-order valence-electron chi connectivity index (χ1n) is 10.7. The lowest BCUT2D eigenvalue weighted by Crippen LogP contribution is -2.52. The summed E-state index contributed by atoms with van der Waals surface area (Å²) >= 11 is 0. The van der Waals surface area contributed by atoms with Crippen LogP contribution in [-0.2, 0) is 27.8 Å². The van der Waals surface area contributed by atoms with Crippen molar-refractivity contribution in [2.45, 2.75) is 50.0 Å². The van der Waals surface area contributed by atoms with Gasteiger partial charge in [-0.1, -0.05) is 48.5 Å². The summed E-state index contributed by atoms with van der Waals surface area (Å²) in [5.41, 5.74) is 6.30. The van der Waals surface area contributed by atoms with E-state index in [-0.39, 0.29) is 5.41 Å². The molecular weight excluding hydrogens is 378 g/mol. The van der Waals surface area contributed by atoms with E-state index in [9.17, 15) is 4.79 Å². The quantitative estimate of drug-likeness (QED) is 0.792. The molecule has 5 nitrogen and oxygen atoms in total. The number of fused-ring (bicyclic) bond motifs is 3. The average molecular weight is 407 g/mol. The molecule has 2 fully saturated rings. The number of hydrogen-bond acceptors (Lipinski definition) is 4. The van der Waals surface area contributed by atoms with Gasteiger partial charge in [0.15, 0.2) is 0 Å². The predicted molar refractivity (Wildman–Crippen MR) is 112 cm³/mol. The molecule has 1 spiro atoms. The highest BCUT2D eigenvalue weighted by Crippen LogP contribution is 2.49. The van der Waals surface area contributed by atoms with Gasteiger partial charge in [0.25, 0.3) is 0 Å². The fourth-order valence-corrected chi connectivity index (χ4v) is 5.86. The van der Waals surface area contributed by atoms with Gasteiger partial charge in [-0.25, -0.2) is 0 Å². The van der Waals surface area contributed by atoms with Crippen LogP contribution in [0.1, 0.15) is 47.9 Å². The minimum atomic E-state index is -0.656. The molecule has 1 N–H and O–H groups in total. The maximum Gasteiger partial charge on any atom is 0.303 e. The number of benzene rings is 2. The Morgan fingerprint density at radius 2 is 1.73 bits per heavy atom. The second kappa shape index (κ2) is 8.60. The van der Waals surface area contributed by atoms with Crippen molar-refractivity contribution in [2.24, 2.45) is 5.92 Å². The van der Waals surface area contributed by atoms with E-state index in [0.717, 1.165) is 25.9 Å². The fourth-order valence-electron chi connectivity index (χ4n) is 5.86. The van der Waals surface area contributed by atoms with E-state index < -0.39 is 12.4 Å². The summed E-state index contributed by atoms with van der Waals surface area (Å²) in [6, 6.07) is 18.6. The van der Waals surface area contributed by atoms with Crippen LogP contribution in [0.25, 0.3) is 0 Å². The minimum absolute atomic E-state index is 0.242. The largest absolute Gasteiger partial charge is 0.554 e. The van der Waals surface area contributed by atoms with Crippen LogP contribution in [0.2, 0.25) is 0 Å². The zero-order chi connectivity index (χ0) is 21.1. The Kier molecular flexibility index (Phi) is 5.91. The zero-order valence-corrected chi connectivity index (χ0v) is 17.1. The smallest absolute Gasteiger partial charge is 0.303 e. The third-order valence-electron chi connectivity index (χ3n) is 7.16. The molecule has 1 aliphatic heterocycles. The Morgan fingerprint density at radius 3 is 2.43 bits per heavy atom. The van der Waals surface area contributed by atoms with Gasteiger partial charge >= 0.3 is 5.97 Å². The average Bonchev–Trinajstić information content (AvgIpc) is 3.05. The van der Waals surface area contributed by atoms with E-state index in [0.29, 0.717) is 18.4 Å². The van der Waals surface area contributed by atoms with Crippen molar-refractivity contribution in [3.05, 3.63) is 70.8 Å². The van der Waals surface area contributed by atoms with E-state index in [1.807, 2.05) is 0 Å². The van der Waals surface area contributed by atoms with Crippen LogP contribution in [0.4, 0.5) is 0 Å². The number of nitrogens with zero attached hydrogens (tertiary/aromatic N) is 1. The zero-order valence-electron chi connectivity index (χ0n) is 17.1. The molecule has 3 aliphatic rings. The van der Waals surface area contributed by atoms with Gasteiger partial charge in [0.1, 0.15) is 0 Å². The molecule has 30 heavy (non-hydrogen) atoms. The summed E-state index contributed by atoms with van der Waals surface area (Å²) < 4.78 is 0. The molecule has 2 aliphatic carbocycles. The van der Waals surface area contributed by atoms with Gasteiger partial charge in [-0.2, -0.15) is 0 Å². The Labute approximate surface area is 177 Å². The first kappa shape index (κ1) is 20.6. The van der Waals surface area contributed by atoms with Gasteiger partial charge in [-0.3, -0.25) is 9.69 Å². The Morgan fingerprint density at radius 1 is 1.10 bits per heavy atom. The third kappa shape index (κ3) is 3.99. The van der Waals surface area contributed by atoms with Crippen molar-refractivity contribution in [2.75, 3.05) is 13.1 Å². The molecule has 2 aromatic carbocycles. The van der Waals surface area contributed by atoms with Gasteiger partial charge in [0.05, 0.1) is 6.42 Å². The Balaban J connectivity index is 0.000000687. The molecule has 158 valence electrons. The molecule has 0 aromatic heterocycles. The first-order chi connectivity index (χ1) is 14.5. The second-order valence-electron chi connectivity index (χ2n) is 8.97. The number of rotatable bonds is 3. The lowest BCUT2D eigenvalue weighted by atomic mass is 9.73. The number of aliphatic carboxylic acids is 1. The molecule has 2 atom stereocenters. The normalized spacial score (nSPS) is 25.3. The fraction of sp³-hybridized carbons (Fsp3) is 0.440. The number of carboxylic acid groups (broad SMARTS) is 2. The summed E-state index contributed by atoms with van der Waals surface area (Å²) in [6.07, 6.45) is 6.19. The van der Waals surface area contributed by atoms with Crippen LogP contribution in [0, 0.1) is 5.92 Å². The molecule has 1 heterocycles. The van der Waals surface area contributed by atoms with Crippen LogP contribution in [-0.4, -0.2) is 41.6 Å². The molecule has 2 unspecified atom stereocenters. The highest BCUT2D eigenvalue weighted by atomic mass is 16.4. The summed E-state index contributed by atoms with van der Waals surface area (Å²) in [5, 5.41) is 17.3. The monoisotopic (exact) mass is 406 g/mol. The van der Waals surface area contributed by atoms with E-state index in [4.69, 9.17) is 15.0 Å². The third-order valence-corrected chi connectivity index (χ3v) is 7.16. The highest BCUT2D eigenvalue weighted by Gasteiger charge is 2.46. The van der Waals surface area contributed by atoms with Crippen molar-refractivity contribution in [1.82, 2.24) is 4.90 Å². The van der Waals surface area contributed by atoms with E-state index in [1.165, 1.54) is 36.0 Å². The molecule has 2 aromatic rings. The molecule has 5 heteroatoms.